The van der Waals surface area contributed by atoms with E-state index in [1.165, 1.54) is 5.56 Å². The molecule has 0 spiro atoms. The minimum atomic E-state index is 0.690. The summed E-state index contributed by atoms with van der Waals surface area (Å²) in [5, 5.41) is 8.20. The van der Waals surface area contributed by atoms with Crippen molar-refractivity contribution in [2.24, 2.45) is 0 Å². The molecule has 3 aromatic rings. The van der Waals surface area contributed by atoms with Crippen molar-refractivity contribution in [1.82, 2.24) is 15.1 Å². The van der Waals surface area contributed by atoms with E-state index in [9.17, 15) is 0 Å². The van der Waals surface area contributed by atoms with Gasteiger partial charge < -0.3 is 14.8 Å². The Bertz CT molecular complexity index is 872. The fraction of sp³-hybridized carbons (Fsp3) is 0.286. The SMILES string of the molecule is COc1ccc(OC)c(CNCc2c(C)nn(-c3ccccc3)c2C)c1. The minimum absolute atomic E-state index is 0.690. The molecule has 0 fully saturated rings. The van der Waals surface area contributed by atoms with Gasteiger partial charge in [-0.1, -0.05) is 18.2 Å². The van der Waals surface area contributed by atoms with Crippen LogP contribution >= 0.6 is 0 Å². The van der Waals surface area contributed by atoms with Crippen LogP contribution in [0.1, 0.15) is 22.5 Å². The van der Waals surface area contributed by atoms with E-state index in [0.29, 0.717) is 6.54 Å². The Morgan fingerprint density at radius 2 is 1.73 bits per heavy atom. The van der Waals surface area contributed by atoms with E-state index in [0.717, 1.165) is 40.7 Å². The fourth-order valence-corrected chi connectivity index (χ4v) is 3.09. The summed E-state index contributed by atoms with van der Waals surface area (Å²) in [6, 6.07) is 16.0. The number of nitrogens with one attached hydrogen (secondary N) is 1. The lowest BCUT2D eigenvalue weighted by Crippen LogP contribution is -2.14. The molecule has 0 aliphatic rings. The van der Waals surface area contributed by atoms with Gasteiger partial charge in [-0.3, -0.25) is 0 Å². The van der Waals surface area contributed by atoms with Crippen LogP contribution in [0.4, 0.5) is 0 Å². The van der Waals surface area contributed by atoms with E-state index in [1.807, 2.05) is 41.1 Å². The fourth-order valence-electron chi connectivity index (χ4n) is 3.09. The second kappa shape index (κ2) is 8.06. The molecule has 0 saturated heterocycles. The lowest BCUT2D eigenvalue weighted by Gasteiger charge is -2.12. The van der Waals surface area contributed by atoms with Crippen LogP contribution in [0.2, 0.25) is 0 Å². The number of benzene rings is 2. The number of aromatic nitrogens is 2. The number of hydrogen-bond acceptors (Lipinski definition) is 4. The summed E-state index contributed by atoms with van der Waals surface area (Å²) < 4.78 is 12.8. The molecule has 0 saturated carbocycles. The summed E-state index contributed by atoms with van der Waals surface area (Å²) in [5.41, 5.74) is 5.55. The van der Waals surface area contributed by atoms with Gasteiger partial charge in [0.25, 0.3) is 0 Å². The number of methoxy groups -OCH3 is 2. The van der Waals surface area contributed by atoms with Crippen LogP contribution in [-0.4, -0.2) is 24.0 Å². The van der Waals surface area contributed by atoms with E-state index in [4.69, 9.17) is 14.6 Å². The molecule has 1 N–H and O–H groups in total. The molecule has 1 heterocycles. The first-order chi connectivity index (χ1) is 12.6. The van der Waals surface area contributed by atoms with Gasteiger partial charge in [0.2, 0.25) is 0 Å². The Labute approximate surface area is 154 Å². The van der Waals surface area contributed by atoms with E-state index in [1.54, 1.807) is 14.2 Å². The second-order valence-electron chi connectivity index (χ2n) is 6.18. The van der Waals surface area contributed by atoms with Gasteiger partial charge in [-0.15, -0.1) is 0 Å². The molecular formula is C21H25N3O2. The van der Waals surface area contributed by atoms with E-state index < -0.39 is 0 Å². The van der Waals surface area contributed by atoms with Gasteiger partial charge in [-0.25, -0.2) is 4.68 Å². The van der Waals surface area contributed by atoms with Crippen molar-refractivity contribution in [3.05, 3.63) is 71.0 Å². The van der Waals surface area contributed by atoms with Gasteiger partial charge in [-0.05, 0) is 44.2 Å². The third-order valence-electron chi connectivity index (χ3n) is 4.55. The summed E-state index contributed by atoms with van der Waals surface area (Å²) in [7, 11) is 3.35. The van der Waals surface area contributed by atoms with Crippen LogP contribution < -0.4 is 14.8 Å². The first-order valence-electron chi connectivity index (χ1n) is 8.66. The lowest BCUT2D eigenvalue weighted by atomic mass is 10.1. The molecule has 26 heavy (non-hydrogen) atoms. The Morgan fingerprint density at radius 3 is 2.42 bits per heavy atom. The van der Waals surface area contributed by atoms with Crippen LogP contribution in [-0.2, 0) is 13.1 Å². The molecule has 0 aliphatic heterocycles. The number of para-hydroxylation sites is 1. The molecule has 0 amide bonds. The van der Waals surface area contributed by atoms with Crippen LogP contribution in [0, 0.1) is 13.8 Å². The maximum Gasteiger partial charge on any atom is 0.123 e. The average molecular weight is 351 g/mol. The average Bonchev–Trinajstić information content (AvgIpc) is 2.96. The van der Waals surface area contributed by atoms with E-state index in [2.05, 4.69) is 31.3 Å². The predicted octanol–water partition coefficient (Wildman–Crippen LogP) is 3.80. The molecule has 0 bridgehead atoms. The molecule has 2 aromatic carbocycles. The van der Waals surface area contributed by atoms with Crippen molar-refractivity contribution in [3.8, 4) is 17.2 Å². The highest BCUT2D eigenvalue weighted by Crippen LogP contribution is 2.24. The first kappa shape index (κ1) is 18.0. The molecular weight excluding hydrogens is 326 g/mol. The summed E-state index contributed by atoms with van der Waals surface area (Å²) in [4.78, 5) is 0. The number of hydrogen-bond donors (Lipinski definition) is 1. The maximum absolute atomic E-state index is 5.44. The normalized spacial score (nSPS) is 10.8. The summed E-state index contributed by atoms with van der Waals surface area (Å²) in [6.45, 7) is 5.59. The molecule has 5 heteroatoms. The third-order valence-corrected chi connectivity index (χ3v) is 4.55. The second-order valence-corrected chi connectivity index (χ2v) is 6.18. The first-order valence-corrected chi connectivity index (χ1v) is 8.66. The molecule has 0 unspecified atom stereocenters. The number of aryl methyl sites for hydroxylation is 1. The lowest BCUT2D eigenvalue weighted by molar-refractivity contribution is 0.397. The zero-order valence-corrected chi connectivity index (χ0v) is 15.7. The third kappa shape index (κ3) is 3.73. The van der Waals surface area contributed by atoms with Gasteiger partial charge in [0.05, 0.1) is 25.6 Å². The zero-order valence-electron chi connectivity index (χ0n) is 15.7. The Balaban J connectivity index is 1.74. The van der Waals surface area contributed by atoms with E-state index >= 15 is 0 Å². The number of ether oxygens (including phenoxy) is 2. The van der Waals surface area contributed by atoms with Gasteiger partial charge in [0, 0.05) is 29.9 Å². The molecule has 1 aromatic heterocycles. The van der Waals surface area contributed by atoms with Crippen molar-refractivity contribution < 1.29 is 9.47 Å². The van der Waals surface area contributed by atoms with Crippen LogP contribution in [0.5, 0.6) is 11.5 Å². The van der Waals surface area contributed by atoms with Crippen molar-refractivity contribution in [3.63, 3.8) is 0 Å². The topological polar surface area (TPSA) is 48.3 Å². The number of rotatable bonds is 7. The molecule has 3 rings (SSSR count). The van der Waals surface area contributed by atoms with Gasteiger partial charge in [0.15, 0.2) is 0 Å². The maximum atomic E-state index is 5.44. The van der Waals surface area contributed by atoms with Crippen molar-refractivity contribution in [2.45, 2.75) is 26.9 Å². The molecule has 136 valence electrons. The highest BCUT2D eigenvalue weighted by atomic mass is 16.5. The van der Waals surface area contributed by atoms with Crippen LogP contribution in [0.15, 0.2) is 48.5 Å². The van der Waals surface area contributed by atoms with Crippen LogP contribution in [0.3, 0.4) is 0 Å². The van der Waals surface area contributed by atoms with E-state index in [-0.39, 0.29) is 0 Å². The number of nitrogens with zero attached hydrogens (tertiary/aromatic N) is 2. The van der Waals surface area contributed by atoms with Crippen molar-refractivity contribution in [1.29, 1.82) is 0 Å². The molecule has 0 radical (unpaired) electrons. The highest BCUT2D eigenvalue weighted by Gasteiger charge is 2.13. The molecule has 5 nitrogen and oxygen atoms in total. The standard InChI is InChI=1S/C21H25N3O2/c1-15-20(16(2)24(23-15)18-8-6-5-7-9-18)14-22-13-17-12-19(25-3)10-11-21(17)26-4/h5-12,22H,13-14H2,1-4H3. The van der Waals surface area contributed by atoms with Crippen molar-refractivity contribution in [2.75, 3.05) is 14.2 Å². The molecule has 0 atom stereocenters. The smallest absolute Gasteiger partial charge is 0.123 e. The van der Waals surface area contributed by atoms with Gasteiger partial charge >= 0.3 is 0 Å². The van der Waals surface area contributed by atoms with Crippen molar-refractivity contribution >= 4 is 0 Å². The molecule has 0 aliphatic carbocycles. The zero-order chi connectivity index (χ0) is 18.5. The monoisotopic (exact) mass is 351 g/mol. The largest absolute Gasteiger partial charge is 0.497 e. The Kier molecular flexibility index (Phi) is 5.58. The summed E-state index contributed by atoms with van der Waals surface area (Å²) in [6.07, 6.45) is 0. The van der Waals surface area contributed by atoms with Gasteiger partial charge in [-0.2, -0.15) is 5.10 Å². The van der Waals surface area contributed by atoms with Gasteiger partial charge in [0.1, 0.15) is 11.5 Å². The Morgan fingerprint density at radius 1 is 0.962 bits per heavy atom. The Hall–Kier alpha value is -2.79. The minimum Gasteiger partial charge on any atom is -0.497 e. The van der Waals surface area contributed by atoms with Crippen LogP contribution in [0.25, 0.3) is 5.69 Å². The summed E-state index contributed by atoms with van der Waals surface area (Å²) >= 11 is 0. The summed E-state index contributed by atoms with van der Waals surface area (Å²) in [5.74, 6) is 1.68. The predicted molar refractivity (Wildman–Crippen MR) is 103 cm³/mol. The quantitative estimate of drug-likeness (QED) is 0.703. The highest BCUT2D eigenvalue weighted by molar-refractivity contribution is 5.40.